The third-order valence-electron chi connectivity index (χ3n) is 2.55. The van der Waals surface area contributed by atoms with Crippen molar-refractivity contribution in [2.75, 3.05) is 5.32 Å². The summed E-state index contributed by atoms with van der Waals surface area (Å²) in [5.74, 6) is 0.874. The van der Waals surface area contributed by atoms with Crippen molar-refractivity contribution >= 4 is 17.3 Å². The lowest BCUT2D eigenvalue weighted by atomic mass is 10.2. The van der Waals surface area contributed by atoms with Gasteiger partial charge in [-0.15, -0.1) is 0 Å². The van der Waals surface area contributed by atoms with Crippen LogP contribution in [-0.4, -0.2) is 6.04 Å². The molecule has 0 spiro atoms. The lowest BCUT2D eigenvalue weighted by Gasteiger charge is -2.14. The zero-order chi connectivity index (χ0) is 9.26. The Bertz CT molecular complexity index is 294. The van der Waals surface area contributed by atoms with Gasteiger partial charge in [-0.3, -0.25) is 0 Å². The number of halogens is 1. The lowest BCUT2D eigenvalue weighted by Crippen LogP contribution is -2.16. The third-order valence-corrected chi connectivity index (χ3v) is 2.78. The van der Waals surface area contributed by atoms with Gasteiger partial charge in [-0.05, 0) is 43.9 Å². The number of nitrogens with one attached hydrogen (secondary N) is 1. The molecule has 0 aromatic heterocycles. The van der Waals surface area contributed by atoms with Crippen molar-refractivity contribution in [3.05, 3.63) is 29.3 Å². The fourth-order valence-electron chi connectivity index (χ4n) is 1.56. The van der Waals surface area contributed by atoms with E-state index in [2.05, 4.69) is 18.3 Å². The summed E-state index contributed by atoms with van der Waals surface area (Å²) in [6, 6.07) is 8.49. The molecule has 0 heterocycles. The first-order valence-corrected chi connectivity index (χ1v) is 5.15. The topological polar surface area (TPSA) is 12.0 Å². The zero-order valence-electron chi connectivity index (χ0n) is 7.76. The van der Waals surface area contributed by atoms with Gasteiger partial charge in [-0.1, -0.05) is 17.7 Å². The van der Waals surface area contributed by atoms with E-state index in [0.717, 1.165) is 16.6 Å². The second kappa shape index (κ2) is 3.59. The Labute approximate surface area is 84.1 Å². The summed E-state index contributed by atoms with van der Waals surface area (Å²) in [7, 11) is 0. The van der Waals surface area contributed by atoms with Gasteiger partial charge in [0.1, 0.15) is 0 Å². The molecule has 0 amide bonds. The average molecular weight is 196 g/mol. The highest BCUT2D eigenvalue weighted by molar-refractivity contribution is 6.30. The Kier molecular flexibility index (Phi) is 2.45. The van der Waals surface area contributed by atoms with Crippen LogP contribution in [0, 0.1) is 5.92 Å². The standard InChI is InChI=1S/C11H14ClN/c1-8(9-5-6-9)13-11-4-2-3-10(12)7-11/h2-4,7-9,13H,5-6H2,1H3. The number of anilines is 1. The van der Waals surface area contributed by atoms with E-state index in [1.807, 2.05) is 18.2 Å². The predicted molar refractivity (Wildman–Crippen MR) is 57.3 cm³/mol. The molecule has 1 N–H and O–H groups in total. The van der Waals surface area contributed by atoms with Gasteiger partial charge >= 0.3 is 0 Å². The Morgan fingerprint density at radius 3 is 2.85 bits per heavy atom. The zero-order valence-corrected chi connectivity index (χ0v) is 8.51. The molecule has 1 aliphatic carbocycles. The Hall–Kier alpha value is -0.690. The van der Waals surface area contributed by atoms with Crippen LogP contribution < -0.4 is 5.32 Å². The van der Waals surface area contributed by atoms with Crippen LogP contribution in [-0.2, 0) is 0 Å². The molecule has 0 saturated heterocycles. The van der Waals surface area contributed by atoms with Crippen molar-refractivity contribution in [2.45, 2.75) is 25.8 Å². The summed E-state index contributed by atoms with van der Waals surface area (Å²) >= 11 is 5.88. The molecule has 1 fully saturated rings. The van der Waals surface area contributed by atoms with Crippen molar-refractivity contribution in [2.24, 2.45) is 5.92 Å². The Morgan fingerprint density at radius 2 is 2.23 bits per heavy atom. The van der Waals surface area contributed by atoms with Gasteiger partial charge < -0.3 is 5.32 Å². The maximum atomic E-state index is 5.88. The van der Waals surface area contributed by atoms with Crippen molar-refractivity contribution in [1.29, 1.82) is 0 Å². The van der Waals surface area contributed by atoms with Crippen LogP contribution in [0.3, 0.4) is 0 Å². The highest BCUT2D eigenvalue weighted by Gasteiger charge is 2.27. The van der Waals surface area contributed by atoms with Crippen molar-refractivity contribution in [1.82, 2.24) is 0 Å². The van der Waals surface area contributed by atoms with Crippen molar-refractivity contribution < 1.29 is 0 Å². The van der Waals surface area contributed by atoms with E-state index in [4.69, 9.17) is 11.6 Å². The first kappa shape index (κ1) is 8.89. The van der Waals surface area contributed by atoms with E-state index in [0.29, 0.717) is 6.04 Å². The first-order chi connectivity index (χ1) is 6.25. The van der Waals surface area contributed by atoms with Crippen molar-refractivity contribution in [3.63, 3.8) is 0 Å². The molecule has 1 aliphatic rings. The molecule has 0 aliphatic heterocycles. The van der Waals surface area contributed by atoms with Crippen molar-refractivity contribution in [3.8, 4) is 0 Å². The second-order valence-corrected chi connectivity index (χ2v) is 4.22. The number of hydrogen-bond donors (Lipinski definition) is 1. The molecule has 2 heteroatoms. The third kappa shape index (κ3) is 2.38. The van der Waals surface area contributed by atoms with Gasteiger partial charge in [0, 0.05) is 16.8 Å². The molecule has 1 aromatic rings. The molecule has 1 aromatic carbocycles. The maximum Gasteiger partial charge on any atom is 0.0426 e. The molecule has 1 nitrogen and oxygen atoms in total. The Balaban J connectivity index is 2.00. The number of hydrogen-bond acceptors (Lipinski definition) is 1. The van der Waals surface area contributed by atoms with Crippen LogP contribution >= 0.6 is 11.6 Å². The van der Waals surface area contributed by atoms with Crippen LogP contribution in [0.4, 0.5) is 5.69 Å². The first-order valence-electron chi connectivity index (χ1n) is 4.78. The van der Waals surface area contributed by atoms with Crippen LogP contribution in [0.25, 0.3) is 0 Å². The molecule has 70 valence electrons. The van der Waals surface area contributed by atoms with E-state index in [-0.39, 0.29) is 0 Å². The van der Waals surface area contributed by atoms with E-state index in [1.54, 1.807) is 0 Å². The van der Waals surface area contributed by atoms with Crippen LogP contribution in [0.5, 0.6) is 0 Å². The molecule has 0 bridgehead atoms. The fraction of sp³-hybridized carbons (Fsp3) is 0.455. The molecular weight excluding hydrogens is 182 g/mol. The average Bonchev–Trinajstić information content (AvgIpc) is 2.85. The largest absolute Gasteiger partial charge is 0.382 e. The highest BCUT2D eigenvalue weighted by Crippen LogP contribution is 2.34. The molecule has 1 saturated carbocycles. The normalized spacial score (nSPS) is 18.3. The molecule has 1 unspecified atom stereocenters. The summed E-state index contributed by atoms with van der Waals surface area (Å²) in [6.07, 6.45) is 2.74. The smallest absolute Gasteiger partial charge is 0.0426 e. The maximum absolute atomic E-state index is 5.88. The van der Waals surface area contributed by atoms with Crippen LogP contribution in [0.1, 0.15) is 19.8 Å². The molecular formula is C11H14ClN. The fourth-order valence-corrected chi connectivity index (χ4v) is 1.75. The van der Waals surface area contributed by atoms with Gasteiger partial charge in [0.25, 0.3) is 0 Å². The molecule has 13 heavy (non-hydrogen) atoms. The monoisotopic (exact) mass is 195 g/mol. The number of benzene rings is 1. The van der Waals surface area contributed by atoms with Gasteiger partial charge in [-0.2, -0.15) is 0 Å². The molecule has 0 radical (unpaired) electrons. The SMILES string of the molecule is CC(Nc1cccc(Cl)c1)C1CC1. The minimum Gasteiger partial charge on any atom is -0.382 e. The van der Waals surface area contributed by atoms with Gasteiger partial charge in [-0.25, -0.2) is 0 Å². The molecule has 1 atom stereocenters. The van der Waals surface area contributed by atoms with E-state index in [1.165, 1.54) is 12.8 Å². The predicted octanol–water partition coefficient (Wildman–Crippen LogP) is 3.55. The highest BCUT2D eigenvalue weighted by atomic mass is 35.5. The summed E-state index contributed by atoms with van der Waals surface area (Å²) in [4.78, 5) is 0. The van der Waals surface area contributed by atoms with E-state index < -0.39 is 0 Å². The van der Waals surface area contributed by atoms with Gasteiger partial charge in [0.2, 0.25) is 0 Å². The van der Waals surface area contributed by atoms with E-state index in [9.17, 15) is 0 Å². The minimum absolute atomic E-state index is 0.582. The second-order valence-electron chi connectivity index (χ2n) is 3.78. The van der Waals surface area contributed by atoms with Gasteiger partial charge in [0.05, 0.1) is 0 Å². The summed E-state index contributed by atoms with van der Waals surface area (Å²) in [5.41, 5.74) is 1.13. The summed E-state index contributed by atoms with van der Waals surface area (Å²) in [5, 5.41) is 4.26. The van der Waals surface area contributed by atoms with Crippen LogP contribution in [0.15, 0.2) is 24.3 Å². The lowest BCUT2D eigenvalue weighted by molar-refractivity contribution is 0.694. The van der Waals surface area contributed by atoms with Gasteiger partial charge in [0.15, 0.2) is 0 Å². The summed E-state index contributed by atoms with van der Waals surface area (Å²) in [6.45, 7) is 2.23. The van der Waals surface area contributed by atoms with E-state index >= 15 is 0 Å². The number of rotatable bonds is 3. The Morgan fingerprint density at radius 1 is 1.46 bits per heavy atom. The summed E-state index contributed by atoms with van der Waals surface area (Å²) < 4.78 is 0. The molecule has 2 rings (SSSR count). The van der Waals surface area contributed by atoms with Crippen LogP contribution in [0.2, 0.25) is 5.02 Å². The quantitative estimate of drug-likeness (QED) is 0.778. The minimum atomic E-state index is 0.582.